The molecule has 0 aliphatic carbocycles. The summed E-state index contributed by atoms with van der Waals surface area (Å²) < 4.78 is 2.24. The molecule has 6 nitrogen and oxygen atoms in total. The number of carbonyl (C=O) groups is 1. The average molecular weight is 468 g/mol. The molecule has 1 unspecified atom stereocenters. The molecule has 0 spiro atoms. The van der Waals surface area contributed by atoms with Crippen molar-refractivity contribution in [3.63, 3.8) is 0 Å². The fourth-order valence-corrected chi connectivity index (χ4v) is 5.39. The van der Waals surface area contributed by atoms with E-state index in [1.54, 1.807) is 6.92 Å². The number of pyridine rings is 2. The highest BCUT2D eigenvalue weighted by Gasteiger charge is 2.27. The molecule has 0 radical (unpaired) electrons. The van der Waals surface area contributed by atoms with Crippen LogP contribution >= 0.6 is 0 Å². The van der Waals surface area contributed by atoms with Gasteiger partial charge in [0, 0.05) is 54.7 Å². The minimum atomic E-state index is 0.124. The number of fused-ring (bicyclic) bond motifs is 1. The Morgan fingerprint density at radius 1 is 1.06 bits per heavy atom. The van der Waals surface area contributed by atoms with Gasteiger partial charge in [0.1, 0.15) is 11.5 Å². The lowest BCUT2D eigenvalue weighted by atomic mass is 9.88. The third-order valence-corrected chi connectivity index (χ3v) is 7.59. The molecular weight excluding hydrogens is 434 g/mol. The summed E-state index contributed by atoms with van der Waals surface area (Å²) in [4.78, 5) is 23.4. The number of nitrogens with zero attached hydrogens (tertiary/aromatic N) is 4. The first-order chi connectivity index (χ1) is 17.0. The molecule has 180 valence electrons. The molecule has 35 heavy (non-hydrogen) atoms. The van der Waals surface area contributed by atoms with Crippen molar-refractivity contribution in [3.8, 4) is 11.1 Å². The largest absolute Gasteiger partial charge is 0.373 e. The lowest BCUT2D eigenvalue weighted by molar-refractivity contribution is 0.101. The van der Waals surface area contributed by atoms with Crippen LogP contribution in [0.4, 0.5) is 5.82 Å². The molecule has 0 saturated carbocycles. The number of Topliss-reactive ketones (excluding diaryl/α,β-unsaturated/α-hetero) is 1. The van der Waals surface area contributed by atoms with Crippen LogP contribution < -0.4 is 5.32 Å². The van der Waals surface area contributed by atoms with E-state index >= 15 is 0 Å². The number of hydrogen-bond acceptors (Lipinski definition) is 5. The van der Waals surface area contributed by atoms with Crippen LogP contribution in [0, 0.1) is 0 Å². The average Bonchev–Trinajstić information content (AvgIpc) is 3.25. The Balaban J connectivity index is 1.35. The summed E-state index contributed by atoms with van der Waals surface area (Å²) in [6.45, 7) is 6.03. The van der Waals surface area contributed by atoms with Crippen molar-refractivity contribution < 1.29 is 4.79 Å². The van der Waals surface area contributed by atoms with E-state index in [0.717, 1.165) is 59.5 Å². The van der Waals surface area contributed by atoms with Crippen molar-refractivity contribution >= 4 is 22.6 Å². The van der Waals surface area contributed by atoms with Crippen LogP contribution in [-0.2, 0) is 7.05 Å². The van der Waals surface area contributed by atoms with E-state index in [2.05, 4.69) is 64.1 Å². The van der Waals surface area contributed by atoms with E-state index in [1.165, 1.54) is 11.3 Å². The third kappa shape index (κ3) is 4.46. The van der Waals surface area contributed by atoms with Gasteiger partial charge in [-0.15, -0.1) is 0 Å². The third-order valence-electron chi connectivity index (χ3n) is 7.59. The maximum absolute atomic E-state index is 11.6. The molecule has 4 aromatic rings. The highest BCUT2D eigenvalue weighted by atomic mass is 16.1. The van der Waals surface area contributed by atoms with Crippen LogP contribution in [0.25, 0.3) is 22.2 Å². The van der Waals surface area contributed by atoms with Crippen molar-refractivity contribution in [2.75, 3.05) is 25.5 Å². The van der Waals surface area contributed by atoms with E-state index in [0.29, 0.717) is 12.0 Å². The minimum Gasteiger partial charge on any atom is -0.373 e. The Morgan fingerprint density at radius 3 is 2.43 bits per heavy atom. The van der Waals surface area contributed by atoms with Gasteiger partial charge in [0.2, 0.25) is 0 Å². The number of piperidine rings is 1. The van der Waals surface area contributed by atoms with E-state index in [1.807, 2.05) is 37.6 Å². The van der Waals surface area contributed by atoms with Gasteiger partial charge in [0.25, 0.3) is 0 Å². The van der Waals surface area contributed by atoms with Crippen molar-refractivity contribution in [2.24, 2.45) is 7.05 Å². The molecule has 1 saturated heterocycles. The standard InChI is InChI=1S/C29H33N5O/c1-19(34-15-12-23(13-16-34)22-7-5-21(6-8-22)20(2)35)27-17-26-25(11-14-31-29(26)33(27)4)24-9-10-28(30-3)32-18-24/h5-11,14,17-19,23H,12-13,15-16H2,1-4H3,(H,30,32). The fourth-order valence-electron chi connectivity index (χ4n) is 5.39. The van der Waals surface area contributed by atoms with Gasteiger partial charge in [0.05, 0.1) is 0 Å². The van der Waals surface area contributed by atoms with Gasteiger partial charge in [-0.3, -0.25) is 9.69 Å². The number of hydrogen-bond donors (Lipinski definition) is 1. The van der Waals surface area contributed by atoms with Crippen molar-refractivity contribution in [2.45, 2.75) is 38.6 Å². The SMILES string of the molecule is CNc1ccc(-c2ccnc3c2cc(C(C)N2CCC(c4ccc(C(C)=O)cc4)CC2)n3C)cn1. The first-order valence-electron chi connectivity index (χ1n) is 12.4. The fraction of sp³-hybridized carbons (Fsp3) is 0.345. The smallest absolute Gasteiger partial charge is 0.159 e. The molecule has 1 atom stereocenters. The summed E-state index contributed by atoms with van der Waals surface area (Å²) in [7, 11) is 4.00. The van der Waals surface area contributed by atoms with E-state index in [9.17, 15) is 4.79 Å². The summed E-state index contributed by atoms with van der Waals surface area (Å²) >= 11 is 0. The Bertz CT molecular complexity index is 1330. The van der Waals surface area contributed by atoms with Crippen LogP contribution in [0.2, 0.25) is 0 Å². The van der Waals surface area contributed by atoms with Crippen LogP contribution in [0.1, 0.15) is 60.3 Å². The zero-order valence-corrected chi connectivity index (χ0v) is 21.0. The summed E-state index contributed by atoms with van der Waals surface area (Å²) in [5.41, 5.74) is 6.67. The quantitative estimate of drug-likeness (QED) is 0.362. The zero-order valence-electron chi connectivity index (χ0n) is 21.0. The molecular formula is C29H33N5O. The van der Waals surface area contributed by atoms with Gasteiger partial charge in [-0.05, 0) is 81.1 Å². The monoisotopic (exact) mass is 467 g/mol. The number of benzene rings is 1. The number of aromatic nitrogens is 3. The van der Waals surface area contributed by atoms with Crippen molar-refractivity contribution in [1.29, 1.82) is 0 Å². The first-order valence-corrected chi connectivity index (χ1v) is 12.4. The molecule has 1 aliphatic heterocycles. The van der Waals surface area contributed by atoms with E-state index in [4.69, 9.17) is 4.98 Å². The minimum absolute atomic E-state index is 0.124. The van der Waals surface area contributed by atoms with Gasteiger partial charge >= 0.3 is 0 Å². The molecule has 3 aromatic heterocycles. The number of ketones is 1. The number of nitrogens with one attached hydrogen (secondary N) is 1. The Kier molecular flexibility index (Phi) is 6.39. The van der Waals surface area contributed by atoms with Gasteiger partial charge in [-0.1, -0.05) is 24.3 Å². The Morgan fingerprint density at radius 2 is 1.80 bits per heavy atom. The highest BCUT2D eigenvalue weighted by Crippen LogP contribution is 2.36. The summed E-state index contributed by atoms with van der Waals surface area (Å²) in [5, 5.41) is 4.24. The van der Waals surface area contributed by atoms with Crippen molar-refractivity contribution in [3.05, 3.63) is 77.7 Å². The second kappa shape index (κ2) is 9.62. The lowest BCUT2D eigenvalue weighted by Crippen LogP contribution is -2.35. The molecule has 0 bridgehead atoms. The molecule has 4 heterocycles. The predicted octanol–water partition coefficient (Wildman–Crippen LogP) is 5.82. The number of likely N-dealkylation sites (tertiary alicyclic amines) is 1. The number of anilines is 1. The number of aryl methyl sites for hydroxylation is 1. The normalized spacial score (nSPS) is 15.9. The van der Waals surface area contributed by atoms with Crippen LogP contribution in [0.3, 0.4) is 0 Å². The summed E-state index contributed by atoms with van der Waals surface area (Å²) in [6.07, 6.45) is 6.06. The molecule has 1 aromatic carbocycles. The molecule has 1 aliphatic rings. The Labute approximate surface area is 207 Å². The number of carbonyl (C=O) groups excluding carboxylic acids is 1. The second-order valence-electron chi connectivity index (χ2n) is 9.57. The number of rotatable bonds is 6. The van der Waals surface area contributed by atoms with Crippen LogP contribution in [0.5, 0.6) is 0 Å². The molecule has 5 rings (SSSR count). The van der Waals surface area contributed by atoms with Crippen molar-refractivity contribution in [1.82, 2.24) is 19.4 Å². The van der Waals surface area contributed by atoms with E-state index < -0.39 is 0 Å². The maximum atomic E-state index is 11.6. The molecule has 1 N–H and O–H groups in total. The Hall–Kier alpha value is -3.51. The molecule has 0 amide bonds. The second-order valence-corrected chi connectivity index (χ2v) is 9.57. The van der Waals surface area contributed by atoms with Gasteiger partial charge in [-0.2, -0.15) is 0 Å². The van der Waals surface area contributed by atoms with Crippen LogP contribution in [0.15, 0.2) is 60.9 Å². The van der Waals surface area contributed by atoms with Gasteiger partial charge < -0.3 is 9.88 Å². The summed E-state index contributed by atoms with van der Waals surface area (Å²) in [6, 6.07) is 17.0. The summed E-state index contributed by atoms with van der Waals surface area (Å²) in [5.74, 6) is 1.53. The predicted molar refractivity (Wildman–Crippen MR) is 142 cm³/mol. The zero-order chi connectivity index (χ0) is 24.5. The lowest BCUT2D eigenvalue weighted by Gasteiger charge is -2.36. The maximum Gasteiger partial charge on any atom is 0.159 e. The van der Waals surface area contributed by atoms with E-state index in [-0.39, 0.29) is 5.78 Å². The topological polar surface area (TPSA) is 63.1 Å². The van der Waals surface area contributed by atoms with Gasteiger partial charge in [-0.25, -0.2) is 9.97 Å². The highest BCUT2D eigenvalue weighted by molar-refractivity contribution is 5.94. The first kappa shape index (κ1) is 23.2. The van der Waals surface area contributed by atoms with Crippen LogP contribution in [-0.4, -0.2) is 45.4 Å². The van der Waals surface area contributed by atoms with Gasteiger partial charge in [0.15, 0.2) is 5.78 Å². The molecule has 6 heteroatoms. The molecule has 1 fully saturated rings.